The zero-order chi connectivity index (χ0) is 16.7. The third kappa shape index (κ3) is 4.94. The molecule has 0 radical (unpaired) electrons. The van der Waals surface area contributed by atoms with Gasteiger partial charge < -0.3 is 5.32 Å². The summed E-state index contributed by atoms with van der Waals surface area (Å²) in [6, 6.07) is -0.533. The number of rotatable bonds is 5. The highest BCUT2D eigenvalue weighted by molar-refractivity contribution is 6.01. The summed E-state index contributed by atoms with van der Waals surface area (Å²) >= 11 is 0. The summed E-state index contributed by atoms with van der Waals surface area (Å²) in [7, 11) is 1.71. The average Bonchev–Trinajstić information content (AvgIpc) is 2.51. The molecule has 124 valence electrons. The number of carbonyl (C=O) groups is 2. The first-order chi connectivity index (χ1) is 10.4. The smallest absolute Gasteiger partial charge is 0.239 e. The van der Waals surface area contributed by atoms with E-state index in [1.165, 1.54) is 0 Å². The van der Waals surface area contributed by atoms with Gasteiger partial charge in [-0.25, -0.2) is 5.43 Å². The molecule has 0 spiro atoms. The Morgan fingerprint density at radius 1 is 1.36 bits per heavy atom. The predicted octanol–water partition coefficient (Wildman–Crippen LogP) is 1.29. The van der Waals surface area contributed by atoms with E-state index in [0.717, 1.165) is 18.6 Å². The Hall–Kier alpha value is -1.69. The van der Waals surface area contributed by atoms with Gasteiger partial charge in [-0.05, 0) is 32.8 Å². The van der Waals surface area contributed by atoms with Crippen molar-refractivity contribution >= 4 is 17.5 Å². The van der Waals surface area contributed by atoms with Crippen LogP contribution in [0.5, 0.6) is 0 Å². The van der Waals surface area contributed by atoms with Gasteiger partial charge in [0.2, 0.25) is 11.8 Å². The van der Waals surface area contributed by atoms with Gasteiger partial charge in [0.05, 0.1) is 11.8 Å². The van der Waals surface area contributed by atoms with Crippen LogP contribution < -0.4 is 10.7 Å². The summed E-state index contributed by atoms with van der Waals surface area (Å²) < 4.78 is 0. The molecule has 0 aromatic carbocycles. The van der Waals surface area contributed by atoms with Crippen LogP contribution in [0.2, 0.25) is 0 Å². The number of nitrogens with zero attached hydrogens (tertiary/aromatic N) is 2. The van der Waals surface area contributed by atoms with E-state index in [1.807, 2.05) is 39.8 Å². The Kier molecular flexibility index (Phi) is 7.24. The third-order valence-electron chi connectivity index (χ3n) is 3.66. The highest BCUT2D eigenvalue weighted by Crippen LogP contribution is 2.11. The molecule has 0 saturated carbocycles. The number of aliphatic imine (C=N–C) groups is 1. The van der Waals surface area contributed by atoms with Crippen LogP contribution in [-0.4, -0.2) is 48.2 Å². The van der Waals surface area contributed by atoms with E-state index in [9.17, 15) is 9.59 Å². The van der Waals surface area contributed by atoms with Crippen molar-refractivity contribution in [2.75, 3.05) is 13.6 Å². The molecular weight excluding hydrogens is 280 g/mol. The second-order valence-electron chi connectivity index (χ2n) is 5.85. The molecule has 0 aromatic rings. The van der Waals surface area contributed by atoms with Crippen LogP contribution in [-0.2, 0) is 9.59 Å². The second kappa shape index (κ2) is 8.68. The van der Waals surface area contributed by atoms with E-state index in [4.69, 9.17) is 0 Å². The zero-order valence-electron chi connectivity index (χ0n) is 14.2. The van der Waals surface area contributed by atoms with Crippen LogP contribution in [0.1, 0.15) is 40.5 Å². The SMILES string of the molecule is CC=CC(=NC)C(C)NC(=O)C1CCCN(C(=O)C(C)C)N1. The van der Waals surface area contributed by atoms with Gasteiger partial charge >= 0.3 is 0 Å². The van der Waals surface area contributed by atoms with Gasteiger partial charge in [0, 0.05) is 19.5 Å². The number of hydrogen-bond donors (Lipinski definition) is 2. The molecule has 2 atom stereocenters. The molecule has 2 amide bonds. The summed E-state index contributed by atoms with van der Waals surface area (Å²) in [6.45, 7) is 8.18. The summed E-state index contributed by atoms with van der Waals surface area (Å²) in [5, 5.41) is 4.53. The normalized spacial score (nSPS) is 21.3. The summed E-state index contributed by atoms with van der Waals surface area (Å²) in [6.07, 6.45) is 5.32. The minimum Gasteiger partial charge on any atom is -0.347 e. The second-order valence-corrected chi connectivity index (χ2v) is 5.85. The Bertz CT molecular complexity index is 457. The van der Waals surface area contributed by atoms with Crippen molar-refractivity contribution in [3.63, 3.8) is 0 Å². The van der Waals surface area contributed by atoms with Crippen molar-refractivity contribution in [2.45, 2.75) is 52.6 Å². The van der Waals surface area contributed by atoms with Gasteiger partial charge in [0.1, 0.15) is 6.04 Å². The van der Waals surface area contributed by atoms with Crippen LogP contribution in [0.3, 0.4) is 0 Å². The molecule has 1 saturated heterocycles. The molecule has 2 N–H and O–H groups in total. The number of carbonyl (C=O) groups excluding carboxylic acids is 2. The van der Waals surface area contributed by atoms with Crippen LogP contribution >= 0.6 is 0 Å². The fourth-order valence-corrected chi connectivity index (χ4v) is 2.42. The average molecular weight is 308 g/mol. The summed E-state index contributed by atoms with van der Waals surface area (Å²) in [5.74, 6) is -0.156. The summed E-state index contributed by atoms with van der Waals surface area (Å²) in [4.78, 5) is 28.6. The maximum absolute atomic E-state index is 12.4. The predicted molar refractivity (Wildman–Crippen MR) is 88.5 cm³/mol. The lowest BCUT2D eigenvalue weighted by Gasteiger charge is -2.34. The van der Waals surface area contributed by atoms with E-state index in [1.54, 1.807) is 12.1 Å². The number of allylic oxidation sites excluding steroid dienone is 1. The number of nitrogens with one attached hydrogen (secondary N) is 2. The molecule has 2 unspecified atom stereocenters. The Morgan fingerprint density at radius 2 is 2.05 bits per heavy atom. The van der Waals surface area contributed by atoms with Crippen molar-refractivity contribution in [3.05, 3.63) is 12.2 Å². The van der Waals surface area contributed by atoms with Crippen molar-refractivity contribution in [3.8, 4) is 0 Å². The van der Waals surface area contributed by atoms with Gasteiger partial charge in [-0.15, -0.1) is 0 Å². The van der Waals surface area contributed by atoms with Gasteiger partial charge in [0.15, 0.2) is 0 Å². The van der Waals surface area contributed by atoms with Gasteiger partial charge in [0.25, 0.3) is 0 Å². The van der Waals surface area contributed by atoms with E-state index in [-0.39, 0.29) is 29.8 Å². The lowest BCUT2D eigenvalue weighted by molar-refractivity contribution is -0.142. The third-order valence-corrected chi connectivity index (χ3v) is 3.66. The topological polar surface area (TPSA) is 73.8 Å². The van der Waals surface area contributed by atoms with E-state index in [2.05, 4.69) is 15.7 Å². The van der Waals surface area contributed by atoms with Crippen molar-refractivity contribution in [1.82, 2.24) is 15.8 Å². The van der Waals surface area contributed by atoms with E-state index in [0.29, 0.717) is 6.54 Å². The van der Waals surface area contributed by atoms with Crippen molar-refractivity contribution in [2.24, 2.45) is 10.9 Å². The Labute approximate surface area is 133 Å². The maximum atomic E-state index is 12.4. The van der Waals surface area contributed by atoms with Gasteiger partial charge in [-0.3, -0.25) is 19.6 Å². The molecule has 0 bridgehead atoms. The number of amides is 2. The summed E-state index contributed by atoms with van der Waals surface area (Å²) in [5.41, 5.74) is 3.86. The minimum absolute atomic E-state index is 0.0234. The van der Waals surface area contributed by atoms with Crippen LogP contribution in [0.15, 0.2) is 17.1 Å². The lowest BCUT2D eigenvalue weighted by Crippen LogP contribution is -2.59. The largest absolute Gasteiger partial charge is 0.347 e. The molecule has 0 aromatic heterocycles. The molecule has 1 fully saturated rings. The molecule has 1 heterocycles. The zero-order valence-corrected chi connectivity index (χ0v) is 14.2. The molecule has 6 nitrogen and oxygen atoms in total. The van der Waals surface area contributed by atoms with Crippen LogP contribution in [0.4, 0.5) is 0 Å². The van der Waals surface area contributed by atoms with Crippen molar-refractivity contribution < 1.29 is 9.59 Å². The lowest BCUT2D eigenvalue weighted by atomic mass is 10.1. The van der Waals surface area contributed by atoms with Gasteiger partial charge in [-0.2, -0.15) is 0 Å². The number of hydrazine groups is 1. The Balaban J connectivity index is 2.63. The van der Waals surface area contributed by atoms with E-state index >= 15 is 0 Å². The van der Waals surface area contributed by atoms with Crippen molar-refractivity contribution in [1.29, 1.82) is 0 Å². The standard InChI is InChI=1S/C16H28N4O2/c1-6-8-13(17-5)12(4)18-15(21)14-9-7-10-20(19-14)16(22)11(2)3/h6,8,11-12,14,19H,7,9-10H2,1-5H3,(H,18,21). The molecule has 22 heavy (non-hydrogen) atoms. The van der Waals surface area contributed by atoms with Gasteiger partial charge in [-0.1, -0.05) is 19.9 Å². The Morgan fingerprint density at radius 3 is 2.59 bits per heavy atom. The molecule has 6 heteroatoms. The number of hydrogen-bond acceptors (Lipinski definition) is 4. The highest BCUT2D eigenvalue weighted by Gasteiger charge is 2.29. The molecule has 1 aliphatic rings. The van der Waals surface area contributed by atoms with Crippen LogP contribution in [0.25, 0.3) is 0 Å². The molecular formula is C16H28N4O2. The maximum Gasteiger partial charge on any atom is 0.239 e. The van der Waals surface area contributed by atoms with Crippen LogP contribution in [0, 0.1) is 5.92 Å². The fourth-order valence-electron chi connectivity index (χ4n) is 2.42. The fraction of sp³-hybridized carbons (Fsp3) is 0.688. The monoisotopic (exact) mass is 308 g/mol. The first-order valence-electron chi connectivity index (χ1n) is 7.88. The molecule has 1 aliphatic heterocycles. The van der Waals surface area contributed by atoms with E-state index < -0.39 is 0 Å². The first-order valence-corrected chi connectivity index (χ1v) is 7.88. The molecule has 1 rings (SSSR count). The minimum atomic E-state index is -0.373. The highest BCUT2D eigenvalue weighted by atomic mass is 16.2. The molecule has 0 aliphatic carbocycles. The first kappa shape index (κ1) is 18.4. The quantitative estimate of drug-likeness (QED) is 0.752.